The molecule has 1 aromatic rings. The molecule has 0 spiro atoms. The molecule has 36 heavy (non-hydrogen) atoms. The molecule has 1 heterocycles. The molecular formula is C27H40FN3O5. The summed E-state index contributed by atoms with van der Waals surface area (Å²) in [4.78, 5) is 52.2. The molecule has 0 unspecified atom stereocenters. The predicted molar refractivity (Wildman–Crippen MR) is 134 cm³/mol. The van der Waals surface area contributed by atoms with E-state index in [2.05, 4.69) is 22.9 Å². The first-order valence-corrected chi connectivity index (χ1v) is 12.9. The molecule has 9 heteroatoms. The molecule has 3 amide bonds. The highest BCUT2D eigenvalue weighted by atomic mass is 19.1. The number of hydrogen-bond acceptors (Lipinski definition) is 5. The van der Waals surface area contributed by atoms with Crippen LogP contribution in [0.25, 0.3) is 0 Å². The van der Waals surface area contributed by atoms with Gasteiger partial charge in [-0.05, 0) is 42.9 Å². The topological polar surface area (TPSA) is 114 Å². The first-order valence-electron chi connectivity index (χ1n) is 12.9. The van der Waals surface area contributed by atoms with Crippen LogP contribution in [0.2, 0.25) is 0 Å². The zero-order chi connectivity index (χ0) is 26.8. The van der Waals surface area contributed by atoms with E-state index in [4.69, 9.17) is 4.74 Å². The van der Waals surface area contributed by atoms with E-state index in [1.165, 1.54) is 25.1 Å². The Morgan fingerprint density at radius 3 is 2.39 bits per heavy atom. The van der Waals surface area contributed by atoms with Gasteiger partial charge in [-0.3, -0.25) is 14.4 Å². The molecule has 0 saturated carbocycles. The highest BCUT2D eigenvalue weighted by molar-refractivity contribution is 5.94. The Balaban J connectivity index is 2.39. The fourth-order valence-corrected chi connectivity index (χ4v) is 4.17. The number of carbonyl (C=O) groups is 4. The summed E-state index contributed by atoms with van der Waals surface area (Å²) >= 11 is 0. The van der Waals surface area contributed by atoms with Crippen LogP contribution in [0.1, 0.15) is 72.3 Å². The van der Waals surface area contributed by atoms with Gasteiger partial charge in [-0.15, -0.1) is 0 Å². The predicted octanol–water partition coefficient (Wildman–Crippen LogP) is 3.03. The van der Waals surface area contributed by atoms with E-state index in [-0.39, 0.29) is 24.7 Å². The van der Waals surface area contributed by atoms with Gasteiger partial charge in [0.15, 0.2) is 0 Å². The summed E-state index contributed by atoms with van der Waals surface area (Å²) in [7, 11) is 0. The summed E-state index contributed by atoms with van der Waals surface area (Å²) < 4.78 is 19.6. The first-order chi connectivity index (χ1) is 17.0. The summed E-state index contributed by atoms with van der Waals surface area (Å²) in [5, 5.41) is 8.06. The molecule has 1 fully saturated rings. The van der Waals surface area contributed by atoms with Crippen molar-refractivity contribution in [3.05, 3.63) is 35.6 Å². The van der Waals surface area contributed by atoms with Crippen LogP contribution in [0.15, 0.2) is 24.3 Å². The third-order valence-electron chi connectivity index (χ3n) is 6.80. The van der Waals surface area contributed by atoms with Crippen molar-refractivity contribution in [1.29, 1.82) is 0 Å². The number of rotatable bonds is 8. The van der Waals surface area contributed by atoms with Gasteiger partial charge in [0.05, 0.1) is 6.42 Å². The normalized spacial score (nSPS) is 25.7. The number of amides is 3. The maximum Gasteiger partial charge on any atom is 0.329 e. The van der Waals surface area contributed by atoms with Gasteiger partial charge in [0.2, 0.25) is 17.7 Å². The number of nitrogens with one attached hydrogen (secondary N) is 3. The lowest BCUT2D eigenvalue weighted by Crippen LogP contribution is -2.55. The van der Waals surface area contributed by atoms with E-state index in [9.17, 15) is 23.6 Å². The number of carbonyl (C=O) groups excluding carboxylic acids is 4. The molecule has 1 aromatic carbocycles. The summed E-state index contributed by atoms with van der Waals surface area (Å²) in [5.41, 5.74) is 0.521. The van der Waals surface area contributed by atoms with Crippen LogP contribution in [-0.2, 0) is 30.3 Å². The minimum absolute atomic E-state index is 0.0367. The van der Waals surface area contributed by atoms with Crippen molar-refractivity contribution in [1.82, 2.24) is 16.0 Å². The Bertz CT molecular complexity index is 924. The van der Waals surface area contributed by atoms with Crippen LogP contribution in [-0.4, -0.2) is 47.9 Å². The van der Waals surface area contributed by atoms with Gasteiger partial charge in [0.25, 0.3) is 0 Å². The molecule has 0 radical (unpaired) electrons. The zero-order valence-electron chi connectivity index (χ0n) is 21.9. The first kappa shape index (κ1) is 29.3. The number of halogens is 1. The van der Waals surface area contributed by atoms with Crippen LogP contribution in [0, 0.1) is 17.7 Å². The Kier molecular flexibility index (Phi) is 11.3. The lowest BCUT2D eigenvalue weighted by atomic mass is 9.94. The second-order valence-electron chi connectivity index (χ2n) is 9.86. The van der Waals surface area contributed by atoms with Crippen molar-refractivity contribution < 1.29 is 28.3 Å². The Hall–Kier alpha value is -2.97. The second kappa shape index (κ2) is 13.9. The Labute approximate surface area is 213 Å². The van der Waals surface area contributed by atoms with Crippen LogP contribution in [0.3, 0.4) is 0 Å². The third kappa shape index (κ3) is 8.60. The van der Waals surface area contributed by atoms with Gasteiger partial charge in [-0.1, -0.05) is 59.1 Å². The molecule has 1 aliphatic rings. The third-order valence-corrected chi connectivity index (χ3v) is 6.80. The van der Waals surface area contributed by atoms with Gasteiger partial charge in [0, 0.05) is 6.42 Å². The van der Waals surface area contributed by atoms with Gasteiger partial charge < -0.3 is 20.7 Å². The molecule has 200 valence electrons. The number of unbranched alkanes of at least 4 members (excludes halogenated alkanes) is 1. The van der Waals surface area contributed by atoms with Crippen molar-refractivity contribution >= 4 is 23.7 Å². The van der Waals surface area contributed by atoms with Gasteiger partial charge in [-0.25, -0.2) is 9.18 Å². The van der Waals surface area contributed by atoms with E-state index in [0.29, 0.717) is 12.0 Å². The molecule has 1 saturated heterocycles. The summed E-state index contributed by atoms with van der Waals surface area (Å²) in [6, 6.07) is 2.86. The van der Waals surface area contributed by atoms with Crippen molar-refractivity contribution in [2.45, 2.75) is 97.4 Å². The van der Waals surface area contributed by atoms with E-state index >= 15 is 0 Å². The number of cyclic esters (lactones) is 1. The highest BCUT2D eigenvalue weighted by Crippen LogP contribution is 2.21. The van der Waals surface area contributed by atoms with Crippen molar-refractivity contribution in [2.24, 2.45) is 11.8 Å². The number of ether oxygens (including phenoxy) is 1. The van der Waals surface area contributed by atoms with Crippen LogP contribution in [0.4, 0.5) is 4.39 Å². The standard InChI is InChI=1S/C27H40FN3O5/c1-6-8-10-17(4)22-15-23(32)30-21(14-19-11-9-12-20(28)13-19)26(34)29-18(5)25(33)31-24(16(3)7-2)27(35)36-22/h9,11-13,16-18,21-22,24H,6-8,10,14-15H2,1-5H3,(H,29,34)(H,30,32)(H,31,33)/t16-,17-,18-,21-,22-,24+/m0/s1. The quantitative estimate of drug-likeness (QED) is 0.470. The molecule has 1 aliphatic heterocycles. The summed E-state index contributed by atoms with van der Waals surface area (Å²) in [6.07, 6.45) is 2.43. The molecule has 0 bridgehead atoms. The number of benzene rings is 1. The molecule has 2 rings (SSSR count). The Morgan fingerprint density at radius 1 is 1.03 bits per heavy atom. The Morgan fingerprint density at radius 2 is 1.75 bits per heavy atom. The average molecular weight is 506 g/mol. The molecule has 0 aromatic heterocycles. The fourth-order valence-electron chi connectivity index (χ4n) is 4.17. The molecule has 6 atom stereocenters. The van der Waals surface area contributed by atoms with Crippen LogP contribution >= 0.6 is 0 Å². The summed E-state index contributed by atoms with van der Waals surface area (Å²) in [5.74, 6) is -2.92. The molecule has 0 aliphatic carbocycles. The second-order valence-corrected chi connectivity index (χ2v) is 9.86. The van der Waals surface area contributed by atoms with E-state index < -0.39 is 53.7 Å². The van der Waals surface area contributed by atoms with Gasteiger partial charge in [0.1, 0.15) is 30.0 Å². The fraction of sp³-hybridized carbons (Fsp3) is 0.630. The van der Waals surface area contributed by atoms with Gasteiger partial charge >= 0.3 is 5.97 Å². The lowest BCUT2D eigenvalue weighted by Gasteiger charge is -2.29. The largest absolute Gasteiger partial charge is 0.460 e. The van der Waals surface area contributed by atoms with Crippen molar-refractivity contribution in [2.75, 3.05) is 0 Å². The number of esters is 1. The molecule has 3 N–H and O–H groups in total. The van der Waals surface area contributed by atoms with Gasteiger partial charge in [-0.2, -0.15) is 0 Å². The van der Waals surface area contributed by atoms with Crippen molar-refractivity contribution in [3.63, 3.8) is 0 Å². The monoisotopic (exact) mass is 505 g/mol. The van der Waals surface area contributed by atoms with E-state index in [0.717, 1.165) is 19.3 Å². The smallest absolute Gasteiger partial charge is 0.329 e. The molecular weight excluding hydrogens is 465 g/mol. The minimum atomic E-state index is -1.04. The lowest BCUT2D eigenvalue weighted by molar-refractivity contribution is -0.158. The van der Waals surface area contributed by atoms with E-state index in [1.54, 1.807) is 6.07 Å². The molecule has 8 nitrogen and oxygen atoms in total. The van der Waals surface area contributed by atoms with Crippen molar-refractivity contribution in [3.8, 4) is 0 Å². The highest BCUT2D eigenvalue weighted by Gasteiger charge is 2.35. The van der Waals surface area contributed by atoms with E-state index in [1.807, 2.05) is 20.8 Å². The maximum absolute atomic E-state index is 13.7. The minimum Gasteiger partial charge on any atom is -0.460 e. The maximum atomic E-state index is 13.7. The zero-order valence-corrected chi connectivity index (χ0v) is 21.9. The average Bonchev–Trinajstić information content (AvgIpc) is 2.83. The van der Waals surface area contributed by atoms with Crippen LogP contribution < -0.4 is 16.0 Å². The van der Waals surface area contributed by atoms with Crippen LogP contribution in [0.5, 0.6) is 0 Å². The summed E-state index contributed by atoms with van der Waals surface area (Å²) in [6.45, 7) is 9.23. The SMILES string of the molecule is CCCC[C@H](C)[C@@H]1CC(=O)N[C@@H](Cc2cccc(F)c2)C(=O)N[C@@H](C)C(=O)N[C@H]([C@@H](C)CC)C(=O)O1. The number of hydrogen-bond donors (Lipinski definition) is 3.